The number of alkyl halides is 5. The predicted molar refractivity (Wildman–Crippen MR) is 155 cm³/mol. The molecule has 2 amide bonds. The molecule has 2 saturated carbocycles. The molecule has 0 saturated heterocycles. The van der Waals surface area contributed by atoms with Gasteiger partial charge in [0.15, 0.2) is 5.65 Å². The lowest BCUT2D eigenvalue weighted by atomic mass is 9.86. The molecular weight excluding hydrogens is 627 g/mol. The Balaban J connectivity index is 1.31. The molecule has 0 radical (unpaired) electrons. The second-order valence-electron chi connectivity index (χ2n) is 11.3. The summed E-state index contributed by atoms with van der Waals surface area (Å²) in [4.78, 5) is 37.3. The first-order chi connectivity index (χ1) is 21.4. The Hall–Kier alpha value is -3.72. The van der Waals surface area contributed by atoms with E-state index in [-0.39, 0.29) is 66.7 Å². The first kappa shape index (κ1) is 32.7. The van der Waals surface area contributed by atoms with Crippen LogP contribution in [0.2, 0.25) is 5.02 Å². The number of ether oxygens (including phenoxy) is 2. The van der Waals surface area contributed by atoms with Gasteiger partial charge < -0.3 is 30.4 Å². The van der Waals surface area contributed by atoms with E-state index in [1.807, 2.05) is 0 Å². The van der Waals surface area contributed by atoms with Crippen LogP contribution >= 0.6 is 11.6 Å². The standard InChI is InChI=1S/C29H32ClF5N6O4/c1-44-10-11-45-25-18(24(42)37-17-5-3-16(4-6-17)22(31)32)13-21-23(40-25)41-27(39-21)38-20-12-15(2-7-19(20)30)14-36-26(43)28(8-9-28)29(33,34)35/h2,7,12-13,16-17,22H,3-6,8-11,14H2,1H3,(H,36,43)(H,37,42)(H2,38,39,40,41). The van der Waals surface area contributed by atoms with Crippen molar-refractivity contribution in [1.29, 1.82) is 0 Å². The zero-order valence-electron chi connectivity index (χ0n) is 24.2. The summed E-state index contributed by atoms with van der Waals surface area (Å²) in [5.41, 5.74) is -0.763. The lowest BCUT2D eigenvalue weighted by molar-refractivity contribution is -0.192. The number of carbonyl (C=O) groups excluding carboxylic acids is 2. The number of aromatic nitrogens is 3. The van der Waals surface area contributed by atoms with Crippen LogP contribution in [0.15, 0.2) is 24.3 Å². The lowest BCUT2D eigenvalue weighted by Gasteiger charge is -2.28. The maximum absolute atomic E-state index is 13.3. The number of methoxy groups -OCH3 is 1. The van der Waals surface area contributed by atoms with Crippen molar-refractivity contribution < 1.29 is 41.0 Å². The van der Waals surface area contributed by atoms with Gasteiger partial charge in [0.05, 0.1) is 22.8 Å². The average Bonchev–Trinajstić information content (AvgIpc) is 3.73. The molecule has 1 aromatic carbocycles. The zero-order valence-corrected chi connectivity index (χ0v) is 25.0. The lowest BCUT2D eigenvalue weighted by Crippen LogP contribution is -2.40. The zero-order chi connectivity index (χ0) is 32.4. The Morgan fingerprint density at radius 1 is 1.11 bits per heavy atom. The van der Waals surface area contributed by atoms with E-state index in [1.54, 1.807) is 12.1 Å². The number of nitrogens with one attached hydrogen (secondary N) is 4. The number of halogens is 6. The van der Waals surface area contributed by atoms with E-state index in [0.717, 1.165) is 0 Å². The number of carbonyl (C=O) groups is 2. The monoisotopic (exact) mass is 658 g/mol. The third-order valence-electron chi connectivity index (χ3n) is 8.14. The van der Waals surface area contributed by atoms with Gasteiger partial charge in [-0.1, -0.05) is 17.7 Å². The Kier molecular flexibility index (Phi) is 9.68. The number of hydrogen-bond donors (Lipinski definition) is 4. The van der Waals surface area contributed by atoms with Crippen molar-refractivity contribution in [2.45, 2.75) is 63.7 Å². The molecule has 16 heteroatoms. The van der Waals surface area contributed by atoms with Gasteiger partial charge >= 0.3 is 6.18 Å². The molecule has 5 rings (SSSR count). The molecule has 2 aliphatic rings. The molecule has 0 bridgehead atoms. The molecule has 0 aliphatic heterocycles. The molecule has 2 fully saturated rings. The molecule has 2 aliphatic carbocycles. The highest BCUT2D eigenvalue weighted by Crippen LogP contribution is 2.57. The van der Waals surface area contributed by atoms with Crippen LogP contribution in [-0.2, 0) is 16.1 Å². The summed E-state index contributed by atoms with van der Waals surface area (Å²) in [7, 11) is 1.50. The van der Waals surface area contributed by atoms with Gasteiger partial charge in [-0.2, -0.15) is 23.1 Å². The van der Waals surface area contributed by atoms with Crippen molar-refractivity contribution in [1.82, 2.24) is 25.6 Å². The van der Waals surface area contributed by atoms with Crippen LogP contribution in [0.1, 0.15) is 54.4 Å². The van der Waals surface area contributed by atoms with Crippen molar-refractivity contribution in [3.8, 4) is 5.88 Å². The maximum atomic E-state index is 13.3. The third-order valence-corrected chi connectivity index (χ3v) is 8.47. The minimum absolute atomic E-state index is 0.0134. The third kappa shape index (κ3) is 7.40. The molecule has 244 valence electrons. The van der Waals surface area contributed by atoms with Gasteiger partial charge in [0.2, 0.25) is 24.2 Å². The molecule has 10 nitrogen and oxygen atoms in total. The molecule has 4 N–H and O–H groups in total. The number of nitrogens with zero attached hydrogens (tertiary/aromatic N) is 2. The van der Waals surface area contributed by atoms with Crippen molar-refractivity contribution in [3.05, 3.63) is 40.4 Å². The second kappa shape index (κ2) is 13.3. The summed E-state index contributed by atoms with van der Waals surface area (Å²) in [6.45, 7) is 0.195. The fourth-order valence-electron chi connectivity index (χ4n) is 5.28. The van der Waals surface area contributed by atoms with Crippen molar-refractivity contribution in [2.75, 3.05) is 25.6 Å². The number of anilines is 2. The molecule has 0 spiro atoms. The van der Waals surface area contributed by atoms with Gasteiger partial charge in [0.1, 0.15) is 17.6 Å². The molecule has 2 aromatic heterocycles. The van der Waals surface area contributed by atoms with Gasteiger partial charge in [-0.05, 0) is 62.3 Å². The van der Waals surface area contributed by atoms with Crippen molar-refractivity contribution in [2.24, 2.45) is 11.3 Å². The highest BCUT2D eigenvalue weighted by molar-refractivity contribution is 6.33. The number of rotatable bonds is 12. The minimum atomic E-state index is -4.61. The number of amides is 2. The number of fused-ring (bicyclic) bond motifs is 1. The fraction of sp³-hybridized carbons (Fsp3) is 0.517. The first-order valence-electron chi connectivity index (χ1n) is 14.4. The number of hydrogen-bond acceptors (Lipinski definition) is 7. The van der Waals surface area contributed by atoms with Crippen LogP contribution in [0.25, 0.3) is 11.2 Å². The van der Waals surface area contributed by atoms with E-state index in [4.69, 9.17) is 21.1 Å². The summed E-state index contributed by atoms with van der Waals surface area (Å²) in [5.74, 6) is -2.00. The minimum Gasteiger partial charge on any atom is -0.475 e. The van der Waals surface area contributed by atoms with Gasteiger partial charge in [-0.15, -0.1) is 0 Å². The van der Waals surface area contributed by atoms with E-state index in [9.17, 15) is 31.5 Å². The van der Waals surface area contributed by atoms with Gasteiger partial charge in [0.25, 0.3) is 5.91 Å². The quantitative estimate of drug-likeness (QED) is 0.141. The van der Waals surface area contributed by atoms with Gasteiger partial charge in [-0.3, -0.25) is 9.59 Å². The average molecular weight is 659 g/mol. The topological polar surface area (TPSA) is 130 Å². The Morgan fingerprint density at radius 2 is 1.84 bits per heavy atom. The van der Waals surface area contributed by atoms with E-state index in [1.165, 1.54) is 19.2 Å². The highest BCUT2D eigenvalue weighted by atomic mass is 35.5. The number of aromatic amines is 1. The van der Waals surface area contributed by atoms with Crippen LogP contribution in [0, 0.1) is 11.3 Å². The summed E-state index contributed by atoms with van der Waals surface area (Å²) in [6, 6.07) is 5.93. The summed E-state index contributed by atoms with van der Waals surface area (Å²) >= 11 is 6.35. The van der Waals surface area contributed by atoms with Gasteiger partial charge in [0, 0.05) is 25.6 Å². The van der Waals surface area contributed by atoms with Crippen LogP contribution in [0.3, 0.4) is 0 Å². The number of H-pyrrole nitrogens is 1. The van der Waals surface area contributed by atoms with Crippen molar-refractivity contribution >= 4 is 46.2 Å². The van der Waals surface area contributed by atoms with E-state index >= 15 is 0 Å². The fourth-order valence-corrected chi connectivity index (χ4v) is 5.44. The molecule has 3 aromatic rings. The normalized spacial score (nSPS) is 19.4. The highest BCUT2D eigenvalue weighted by Gasteiger charge is 2.68. The van der Waals surface area contributed by atoms with Crippen LogP contribution in [-0.4, -0.2) is 65.7 Å². The number of imidazole rings is 1. The Morgan fingerprint density at radius 3 is 2.49 bits per heavy atom. The number of pyridine rings is 1. The number of benzene rings is 1. The van der Waals surface area contributed by atoms with Crippen LogP contribution in [0.5, 0.6) is 5.88 Å². The first-order valence-corrected chi connectivity index (χ1v) is 14.8. The van der Waals surface area contributed by atoms with Crippen LogP contribution in [0.4, 0.5) is 33.6 Å². The molecular formula is C29H32ClF5N6O4. The largest absolute Gasteiger partial charge is 0.475 e. The van der Waals surface area contributed by atoms with E-state index < -0.39 is 35.7 Å². The predicted octanol–water partition coefficient (Wildman–Crippen LogP) is 5.89. The summed E-state index contributed by atoms with van der Waals surface area (Å²) < 4.78 is 76.7. The molecule has 2 heterocycles. The van der Waals surface area contributed by atoms with Crippen molar-refractivity contribution in [3.63, 3.8) is 0 Å². The molecule has 0 atom stereocenters. The smallest absolute Gasteiger partial charge is 0.403 e. The second-order valence-corrected chi connectivity index (χ2v) is 11.7. The SMILES string of the molecule is COCCOc1nc2nc(Nc3cc(CNC(=O)C4(C(F)(F)F)CC4)ccc3Cl)[nH]c2cc1C(=O)NC1CCC(C(F)F)CC1. The Labute approximate surface area is 259 Å². The van der Waals surface area contributed by atoms with E-state index in [2.05, 4.69) is 30.9 Å². The maximum Gasteiger partial charge on any atom is 0.403 e. The van der Waals surface area contributed by atoms with E-state index in [0.29, 0.717) is 42.5 Å². The molecule has 0 unspecified atom stereocenters. The summed E-state index contributed by atoms with van der Waals surface area (Å²) in [5, 5.41) is 8.54. The van der Waals surface area contributed by atoms with Gasteiger partial charge in [-0.25, -0.2) is 8.78 Å². The molecule has 45 heavy (non-hydrogen) atoms. The summed E-state index contributed by atoms with van der Waals surface area (Å²) in [6.07, 6.45) is -5.96. The van der Waals surface area contributed by atoms with Crippen LogP contribution < -0.4 is 20.7 Å². The Bertz CT molecular complexity index is 1540.